The van der Waals surface area contributed by atoms with Crippen molar-refractivity contribution in [2.75, 3.05) is 26.1 Å². The molecule has 1 aliphatic rings. The number of anilines is 1. The first-order valence-electron chi connectivity index (χ1n) is 13.3. The van der Waals surface area contributed by atoms with Gasteiger partial charge in [0.05, 0.1) is 18.8 Å². The first kappa shape index (κ1) is 28.4. The number of hydrogen-bond donors (Lipinski definition) is 2. The molecule has 0 bridgehead atoms. The molecule has 5 rings (SSSR count). The number of halogens is 3. The molecule has 4 aromatic rings. The first-order chi connectivity index (χ1) is 19.7. The number of amides is 1. The minimum Gasteiger partial charge on any atom is -0.497 e. The fourth-order valence-electron chi connectivity index (χ4n) is 4.95. The summed E-state index contributed by atoms with van der Waals surface area (Å²) in [5.41, 5.74) is 8.29. The average Bonchev–Trinajstić information content (AvgIpc) is 3.74. The Balaban J connectivity index is 1.49. The van der Waals surface area contributed by atoms with Crippen LogP contribution in [-0.4, -0.2) is 47.5 Å². The number of nitrogens with zero attached hydrogens (tertiary/aromatic N) is 3. The molecular formula is C31H32F3N5O2. The van der Waals surface area contributed by atoms with Crippen molar-refractivity contribution in [1.82, 2.24) is 14.7 Å². The van der Waals surface area contributed by atoms with Gasteiger partial charge in [0.2, 0.25) is 0 Å². The maximum absolute atomic E-state index is 14.3. The van der Waals surface area contributed by atoms with Crippen LogP contribution in [0.5, 0.6) is 5.75 Å². The van der Waals surface area contributed by atoms with Crippen molar-refractivity contribution < 1.29 is 22.7 Å². The molecule has 1 aliphatic carbocycles. The van der Waals surface area contributed by atoms with Crippen LogP contribution in [0.15, 0.2) is 78.9 Å². The molecule has 0 spiro atoms. The normalized spacial score (nSPS) is 14.2. The smallest absolute Gasteiger partial charge is 0.319 e. The van der Waals surface area contributed by atoms with Crippen LogP contribution in [0.2, 0.25) is 0 Å². The SMILES string of the molecule is COc1cccc(C(c2cccc(NC(=O)c3cc(C(F)(F)CF)nn3-c3cccc(CN)c3)c2)N(C)C2CC2)c1. The van der Waals surface area contributed by atoms with Crippen LogP contribution < -0.4 is 15.8 Å². The lowest BCUT2D eigenvalue weighted by molar-refractivity contribution is -0.0324. The minimum atomic E-state index is -3.84. The van der Waals surface area contributed by atoms with E-state index in [0.717, 1.165) is 46.0 Å². The van der Waals surface area contributed by atoms with Crippen LogP contribution in [-0.2, 0) is 12.5 Å². The molecule has 0 saturated heterocycles. The van der Waals surface area contributed by atoms with Crippen LogP contribution in [0.1, 0.15) is 51.8 Å². The molecule has 1 atom stereocenters. The number of methoxy groups -OCH3 is 1. The molecule has 41 heavy (non-hydrogen) atoms. The molecule has 214 valence electrons. The number of rotatable bonds is 11. The Bertz CT molecular complexity index is 1540. The summed E-state index contributed by atoms with van der Waals surface area (Å²) in [5, 5.41) is 6.75. The Labute approximate surface area is 236 Å². The molecule has 0 radical (unpaired) electrons. The van der Waals surface area contributed by atoms with Crippen molar-refractivity contribution in [1.29, 1.82) is 0 Å². The third-order valence-electron chi connectivity index (χ3n) is 7.28. The fourth-order valence-corrected chi connectivity index (χ4v) is 4.95. The maximum Gasteiger partial charge on any atom is 0.319 e. The molecule has 10 heteroatoms. The molecule has 1 saturated carbocycles. The molecule has 3 aromatic carbocycles. The highest BCUT2D eigenvalue weighted by atomic mass is 19.3. The van der Waals surface area contributed by atoms with Crippen molar-refractivity contribution in [3.8, 4) is 11.4 Å². The first-order valence-corrected chi connectivity index (χ1v) is 13.3. The van der Waals surface area contributed by atoms with E-state index in [1.807, 2.05) is 42.5 Å². The number of benzene rings is 3. The topological polar surface area (TPSA) is 85.4 Å². The average molecular weight is 564 g/mol. The predicted molar refractivity (Wildman–Crippen MR) is 151 cm³/mol. The highest BCUT2D eigenvalue weighted by Crippen LogP contribution is 2.38. The van der Waals surface area contributed by atoms with Crippen LogP contribution in [0, 0.1) is 0 Å². The zero-order valence-electron chi connectivity index (χ0n) is 22.9. The number of carbonyl (C=O) groups excluding carboxylic acids is 1. The lowest BCUT2D eigenvalue weighted by Gasteiger charge is -2.29. The van der Waals surface area contributed by atoms with Crippen molar-refractivity contribution in [2.45, 2.75) is 37.4 Å². The number of aromatic nitrogens is 2. The summed E-state index contributed by atoms with van der Waals surface area (Å²) in [7, 11) is 3.70. The van der Waals surface area contributed by atoms with Crippen molar-refractivity contribution in [3.05, 3.63) is 107 Å². The largest absolute Gasteiger partial charge is 0.497 e. The van der Waals surface area contributed by atoms with E-state index in [1.165, 1.54) is 0 Å². The second kappa shape index (κ2) is 11.8. The van der Waals surface area contributed by atoms with E-state index in [4.69, 9.17) is 10.5 Å². The lowest BCUT2D eigenvalue weighted by atomic mass is 9.96. The summed E-state index contributed by atoms with van der Waals surface area (Å²) >= 11 is 0. The summed E-state index contributed by atoms with van der Waals surface area (Å²) < 4.78 is 48.4. The van der Waals surface area contributed by atoms with Crippen LogP contribution in [0.3, 0.4) is 0 Å². The van der Waals surface area contributed by atoms with Crippen molar-refractivity contribution >= 4 is 11.6 Å². The monoisotopic (exact) mass is 563 g/mol. The number of hydrogen-bond acceptors (Lipinski definition) is 5. The van der Waals surface area contributed by atoms with Gasteiger partial charge in [-0.2, -0.15) is 13.9 Å². The van der Waals surface area contributed by atoms with Crippen LogP contribution in [0.4, 0.5) is 18.9 Å². The van der Waals surface area contributed by atoms with E-state index in [0.29, 0.717) is 17.4 Å². The van der Waals surface area contributed by atoms with E-state index >= 15 is 0 Å². The van der Waals surface area contributed by atoms with E-state index in [1.54, 1.807) is 37.4 Å². The molecule has 1 fully saturated rings. The minimum absolute atomic E-state index is 0.103. The maximum atomic E-state index is 14.3. The van der Waals surface area contributed by atoms with Gasteiger partial charge in [0.1, 0.15) is 17.1 Å². The third kappa shape index (κ3) is 6.13. The van der Waals surface area contributed by atoms with Gasteiger partial charge >= 0.3 is 5.92 Å². The number of ether oxygens (including phenoxy) is 1. The Morgan fingerprint density at radius 1 is 1.10 bits per heavy atom. The van der Waals surface area contributed by atoms with Gasteiger partial charge in [-0.3, -0.25) is 9.69 Å². The van der Waals surface area contributed by atoms with Gasteiger partial charge < -0.3 is 15.8 Å². The molecule has 1 unspecified atom stereocenters. The van der Waals surface area contributed by atoms with Gasteiger partial charge in [-0.15, -0.1) is 0 Å². The second-order valence-electron chi connectivity index (χ2n) is 10.2. The van der Waals surface area contributed by atoms with Gasteiger partial charge in [0.15, 0.2) is 6.67 Å². The highest BCUT2D eigenvalue weighted by Gasteiger charge is 2.37. The molecule has 0 aliphatic heterocycles. The summed E-state index contributed by atoms with van der Waals surface area (Å²) in [6.07, 6.45) is 2.21. The van der Waals surface area contributed by atoms with E-state index in [2.05, 4.69) is 22.4 Å². The molecule has 1 aromatic heterocycles. The van der Waals surface area contributed by atoms with E-state index in [-0.39, 0.29) is 18.3 Å². The van der Waals surface area contributed by atoms with E-state index in [9.17, 15) is 18.0 Å². The highest BCUT2D eigenvalue weighted by molar-refractivity contribution is 6.03. The number of nitrogens with two attached hydrogens (primary N) is 1. The summed E-state index contributed by atoms with van der Waals surface area (Å²) in [6, 6.07) is 23.3. The van der Waals surface area contributed by atoms with Gasteiger partial charge in [0.25, 0.3) is 5.91 Å². The third-order valence-corrected chi connectivity index (χ3v) is 7.28. The van der Waals surface area contributed by atoms with E-state index < -0.39 is 24.2 Å². The summed E-state index contributed by atoms with van der Waals surface area (Å²) in [6.45, 7) is -1.73. The van der Waals surface area contributed by atoms with Crippen LogP contribution >= 0.6 is 0 Å². The Hall–Kier alpha value is -4.15. The van der Waals surface area contributed by atoms with Gasteiger partial charge in [-0.1, -0.05) is 36.4 Å². The zero-order valence-corrected chi connectivity index (χ0v) is 22.9. The summed E-state index contributed by atoms with van der Waals surface area (Å²) in [5.74, 6) is -3.76. The van der Waals surface area contributed by atoms with Crippen molar-refractivity contribution in [2.24, 2.45) is 5.73 Å². The second-order valence-corrected chi connectivity index (χ2v) is 10.2. The molecule has 3 N–H and O–H groups in total. The van der Waals surface area contributed by atoms with Crippen molar-refractivity contribution in [3.63, 3.8) is 0 Å². The lowest BCUT2D eigenvalue weighted by Crippen LogP contribution is -2.27. The van der Waals surface area contributed by atoms with Gasteiger partial charge in [0, 0.05) is 18.3 Å². The Morgan fingerprint density at radius 2 is 1.80 bits per heavy atom. The number of alkyl halides is 3. The Kier molecular flexibility index (Phi) is 8.14. The standard InChI is InChI=1S/C31H32F3N5O2/c1-38(24-12-13-24)29(22-8-5-11-26(16-22)41-2)21-7-4-9-23(15-21)36-30(40)27-17-28(31(33,34)19-32)37-39(27)25-10-3-6-20(14-25)18-35/h3-11,14-17,24,29H,12-13,18-19,35H2,1-2H3,(H,36,40). The Morgan fingerprint density at radius 3 is 2.49 bits per heavy atom. The van der Waals surface area contributed by atoms with Gasteiger partial charge in [-0.05, 0) is 79.0 Å². The van der Waals surface area contributed by atoms with Crippen LogP contribution in [0.25, 0.3) is 5.69 Å². The fraction of sp³-hybridized carbons (Fsp3) is 0.290. The number of nitrogens with one attached hydrogen (secondary N) is 1. The van der Waals surface area contributed by atoms with Gasteiger partial charge in [-0.25, -0.2) is 9.07 Å². The zero-order chi connectivity index (χ0) is 29.1. The molecule has 7 nitrogen and oxygen atoms in total. The molecular weight excluding hydrogens is 531 g/mol. The quantitative estimate of drug-likeness (QED) is 0.240. The molecule has 1 amide bonds. The predicted octanol–water partition coefficient (Wildman–Crippen LogP) is 5.84. The number of carbonyl (C=O) groups is 1. The summed E-state index contributed by atoms with van der Waals surface area (Å²) in [4.78, 5) is 15.8. The molecule has 1 heterocycles.